The van der Waals surface area contributed by atoms with Crippen LogP contribution in [-0.4, -0.2) is 181 Å². The van der Waals surface area contributed by atoms with E-state index in [1.165, 1.54) is 23.9 Å². The molecule has 4 amide bonds. The number of nitrogens with zero attached hydrogens (tertiary/aromatic N) is 17. The summed E-state index contributed by atoms with van der Waals surface area (Å²) in [6, 6.07) is 19.0. The van der Waals surface area contributed by atoms with Gasteiger partial charge in [0, 0.05) is 63.7 Å². The van der Waals surface area contributed by atoms with Crippen molar-refractivity contribution in [2.75, 3.05) is 115 Å². The minimum absolute atomic E-state index is 0.120. The number of thiazole rings is 2. The van der Waals surface area contributed by atoms with Crippen LogP contribution in [-0.2, 0) is 40.3 Å². The van der Waals surface area contributed by atoms with Gasteiger partial charge in [-0.25, -0.2) is 14.5 Å². The Hall–Kier alpha value is -10.4. The number of carbonyl (C=O) groups excluding carboxylic acids is 4. The monoisotopic (exact) mass is 1490 g/mol. The lowest BCUT2D eigenvalue weighted by molar-refractivity contribution is 0.0695. The number of rotatable bonds is 24. The number of allylic oxidation sites excluding steroid dienone is 1. The first-order valence-corrected chi connectivity index (χ1v) is 37.1. The molecule has 2 saturated heterocycles. The third-order valence-electron chi connectivity index (χ3n) is 15.5. The number of amides is 4. The van der Waals surface area contributed by atoms with Gasteiger partial charge in [-0.15, -0.1) is 33.1 Å². The maximum atomic E-state index is 13.7. The Morgan fingerprint density at radius 2 is 1.04 bits per heavy atom. The van der Waals surface area contributed by atoms with Gasteiger partial charge in [-0.1, -0.05) is 47.9 Å². The summed E-state index contributed by atoms with van der Waals surface area (Å²) in [6.07, 6.45) is 2.67. The second kappa shape index (κ2) is 31.9. The smallest absolute Gasteiger partial charge is 0.378 e. The summed E-state index contributed by atoms with van der Waals surface area (Å²) >= 11 is 3.43. The van der Waals surface area contributed by atoms with Gasteiger partial charge >= 0.3 is 22.4 Å². The molecule has 4 aliphatic heterocycles. The van der Waals surface area contributed by atoms with E-state index in [1.807, 2.05) is 74.8 Å². The Labute approximate surface area is 591 Å². The van der Waals surface area contributed by atoms with E-state index >= 15 is 0 Å². The van der Waals surface area contributed by atoms with Gasteiger partial charge in [-0.3, -0.25) is 18.7 Å². The SMILES string of the molecule is O=S(=O)=O.[C-]#[N+]/C(=C\c1sc(N=Nc2ccc(N(CC)CC)cc2Nc2nc(Nc3cc(N(CC)CC)ccc3N=Nc3nc(N4CCOCC4)c(/C=C(\C#N)N4C(=O)c5ccc(S(=O)(=O)O)cc5C4=O)s3)nc(SCC)n2)nc1N1CCOCC1)N1C(=O)c2ccc(S(=O)(=O)O)cc2C1=O. The minimum atomic E-state index is -4.73. The van der Waals surface area contributed by atoms with Gasteiger partial charge in [0.1, 0.15) is 34.8 Å². The van der Waals surface area contributed by atoms with Crippen LogP contribution in [0.25, 0.3) is 17.0 Å². The fraction of sp³-hybridized carbons (Fsp3) is 0.295. The van der Waals surface area contributed by atoms with Crippen molar-refractivity contribution in [1.29, 1.82) is 5.26 Å². The molecule has 0 atom stereocenters. The Kier molecular flexibility index (Phi) is 23.1. The number of anilines is 8. The van der Waals surface area contributed by atoms with Gasteiger partial charge in [-0.2, -0.15) is 51.9 Å². The van der Waals surface area contributed by atoms with Crippen molar-refractivity contribution >= 4 is 169 Å². The van der Waals surface area contributed by atoms with E-state index in [0.29, 0.717) is 144 Å². The predicted molar refractivity (Wildman–Crippen MR) is 373 cm³/mol. The highest BCUT2D eigenvalue weighted by molar-refractivity contribution is 7.99. The van der Waals surface area contributed by atoms with Crippen molar-refractivity contribution in [1.82, 2.24) is 34.7 Å². The molecule has 40 heteroatoms. The van der Waals surface area contributed by atoms with Gasteiger partial charge in [0.25, 0.3) is 32.1 Å². The van der Waals surface area contributed by atoms with E-state index in [-0.39, 0.29) is 50.1 Å². The van der Waals surface area contributed by atoms with Crippen LogP contribution in [0.15, 0.2) is 120 Å². The van der Waals surface area contributed by atoms with Crippen LogP contribution in [0.2, 0.25) is 0 Å². The Morgan fingerprint density at radius 1 is 0.624 bits per heavy atom. The molecule has 4 aromatic carbocycles. The van der Waals surface area contributed by atoms with E-state index in [9.17, 15) is 50.4 Å². The average molecular weight is 1490 g/mol. The number of carbonyl (C=O) groups is 4. The van der Waals surface area contributed by atoms with Crippen LogP contribution in [0.5, 0.6) is 0 Å². The summed E-state index contributed by atoms with van der Waals surface area (Å²) in [5.74, 6) is -2.47. The first kappa shape index (κ1) is 73.3. The number of hydrogen-bond acceptors (Lipinski definition) is 32. The number of benzene rings is 4. The fourth-order valence-electron chi connectivity index (χ4n) is 10.7. The number of imide groups is 2. The molecule has 4 N–H and O–H groups in total. The maximum absolute atomic E-state index is 13.7. The van der Waals surface area contributed by atoms with Crippen LogP contribution in [0, 0.1) is 17.9 Å². The zero-order valence-electron chi connectivity index (χ0n) is 54.0. The van der Waals surface area contributed by atoms with Crippen molar-refractivity contribution in [3.63, 3.8) is 0 Å². The van der Waals surface area contributed by atoms with Crippen LogP contribution >= 0.6 is 34.4 Å². The topological polar surface area (TPSA) is 432 Å². The molecule has 34 nitrogen and oxygen atoms in total. The molecule has 11 rings (SSSR count). The molecule has 0 bridgehead atoms. The second-order valence-corrected chi connectivity index (χ2v) is 27.9. The molecule has 7 heterocycles. The molecule has 2 fully saturated rings. The van der Waals surface area contributed by atoms with E-state index in [1.54, 1.807) is 12.1 Å². The minimum Gasteiger partial charge on any atom is -0.378 e. The molecule has 524 valence electrons. The van der Waals surface area contributed by atoms with Crippen LogP contribution in [0.4, 0.5) is 67.9 Å². The zero-order chi connectivity index (χ0) is 72.4. The van der Waals surface area contributed by atoms with Gasteiger partial charge < -0.3 is 44.6 Å². The molecule has 0 radical (unpaired) electrons. The highest BCUT2D eigenvalue weighted by Crippen LogP contribution is 2.42. The van der Waals surface area contributed by atoms with E-state index < -0.39 is 70.1 Å². The summed E-state index contributed by atoms with van der Waals surface area (Å²) in [6.45, 7) is 23.9. The number of aromatic nitrogens is 5. The molecule has 0 unspecified atom stereocenters. The number of hydrogen-bond donors (Lipinski definition) is 4. The zero-order valence-corrected chi connectivity index (χ0v) is 58.9. The highest BCUT2D eigenvalue weighted by Gasteiger charge is 2.44. The predicted octanol–water partition coefficient (Wildman–Crippen LogP) is 9.74. The first-order chi connectivity index (χ1) is 48.4. The number of fused-ring (bicyclic) bond motifs is 2. The van der Waals surface area contributed by atoms with Crippen molar-refractivity contribution in [2.24, 2.45) is 20.5 Å². The Balaban J connectivity index is 0.00000268. The van der Waals surface area contributed by atoms with E-state index in [0.717, 1.165) is 70.4 Å². The van der Waals surface area contributed by atoms with Crippen LogP contribution < -0.4 is 30.2 Å². The molecule has 101 heavy (non-hydrogen) atoms. The summed E-state index contributed by atoms with van der Waals surface area (Å²) in [4.78, 5) is 91.4. The van der Waals surface area contributed by atoms with Crippen LogP contribution in [0.3, 0.4) is 0 Å². The largest absolute Gasteiger partial charge is 0.425 e. The van der Waals surface area contributed by atoms with Crippen molar-refractivity contribution < 1.29 is 67.2 Å². The summed E-state index contributed by atoms with van der Waals surface area (Å²) in [5.41, 5.74) is 1.92. The lowest BCUT2D eigenvalue weighted by atomic mass is 10.1. The number of thioether (sulfide) groups is 1. The Morgan fingerprint density at radius 3 is 1.45 bits per heavy atom. The average Bonchev–Trinajstić information content (AvgIpc) is 1.79. The molecule has 0 saturated carbocycles. The van der Waals surface area contributed by atoms with Crippen LogP contribution in [0.1, 0.15) is 85.8 Å². The lowest BCUT2D eigenvalue weighted by Crippen LogP contribution is -2.36. The Bertz CT molecular complexity index is 4720. The lowest BCUT2D eigenvalue weighted by Gasteiger charge is -2.27. The number of azo groups is 2. The molecule has 7 aromatic rings. The first-order valence-electron chi connectivity index (χ1n) is 30.6. The normalized spacial score (nSPS) is 15.0. The number of nitriles is 1. The van der Waals surface area contributed by atoms with Crippen molar-refractivity contribution in [2.45, 2.75) is 49.6 Å². The number of ether oxygens (including phenoxy) is 2. The van der Waals surface area contributed by atoms with E-state index in [2.05, 4.69) is 35.5 Å². The van der Waals surface area contributed by atoms with E-state index in [4.69, 9.17) is 63.8 Å². The third kappa shape index (κ3) is 16.8. The quantitative estimate of drug-likeness (QED) is 0.0109. The number of morpholine rings is 2. The second-order valence-electron chi connectivity index (χ2n) is 21.4. The van der Waals surface area contributed by atoms with Gasteiger partial charge in [-0.05, 0) is 118 Å². The number of nitrogens with one attached hydrogen (secondary N) is 2. The molecule has 3 aromatic heterocycles. The summed E-state index contributed by atoms with van der Waals surface area (Å²) in [7, 11) is -12.6. The molecule has 4 aliphatic rings. The van der Waals surface area contributed by atoms with Crippen molar-refractivity contribution in [3.05, 3.63) is 128 Å². The van der Waals surface area contributed by atoms with Gasteiger partial charge in [0.2, 0.25) is 28.0 Å². The molecule has 0 spiro atoms. The third-order valence-corrected chi connectivity index (χ3v) is 19.7. The standard InChI is InChI=1S/C61H59N19O12S5.O3S/c1-7-75(8-2)35-12-18-44(71-73-60-66-51(77-20-24-91-25-21-77)48(94-60)30-37(34-62)79-53(81)40-16-14-38(96(85,86)87)31-42(40)55(79)83)46(28-35)64-57-68-58(70-59(69-57)93-11-5)65-47-29-36(76(9-3)10-4)13-19-45(47)72-74-61-67-52(78-22-26-92-27-23-78)49(95-61)33-50(63-6)80-54(82)41-17-15-39(97(88,89)90)32-43(41)56(80)84;1-4(2)3/h12-19,28-33H,7-11,20-27H2,1-5H3,(H,85,86,87)(H,88,89,90)(H2,64,65,68,69,70);/b37-30+,50-33+,73-71?,74-72?;. The molecular weight excluding hydrogens is 1430 g/mol. The highest BCUT2D eigenvalue weighted by atomic mass is 32.2. The summed E-state index contributed by atoms with van der Waals surface area (Å²) < 4.78 is 104. The molecule has 0 aliphatic carbocycles. The van der Waals surface area contributed by atoms with Gasteiger partial charge in [0.15, 0.2) is 5.16 Å². The summed E-state index contributed by atoms with van der Waals surface area (Å²) in [5, 5.41) is 36.5. The fourth-order valence-corrected chi connectivity index (χ4v) is 14.0. The molecular formula is C61H59N19O15S6. The van der Waals surface area contributed by atoms with Crippen molar-refractivity contribution in [3.8, 4) is 6.07 Å². The van der Waals surface area contributed by atoms with Gasteiger partial charge in [0.05, 0.1) is 79.6 Å². The maximum Gasteiger partial charge on any atom is 0.425 e.